The molecule has 1 heterocycles. The van der Waals surface area contributed by atoms with Crippen molar-refractivity contribution >= 4 is 23.1 Å². The standard InChI is InChI=1S/C7H12N2S2/c1-6-7(9-5-11-6)4-10-3-2-8/h5H,2-4,8H2,1H3. The van der Waals surface area contributed by atoms with E-state index in [2.05, 4.69) is 11.9 Å². The van der Waals surface area contributed by atoms with Crippen LogP contribution in [0.1, 0.15) is 10.6 Å². The summed E-state index contributed by atoms with van der Waals surface area (Å²) in [5.41, 5.74) is 8.48. The number of rotatable bonds is 4. The highest BCUT2D eigenvalue weighted by Gasteiger charge is 1.99. The van der Waals surface area contributed by atoms with Crippen molar-refractivity contribution in [1.29, 1.82) is 0 Å². The molecule has 2 N–H and O–H groups in total. The first-order valence-electron chi connectivity index (χ1n) is 3.51. The van der Waals surface area contributed by atoms with Crippen LogP contribution in [-0.2, 0) is 5.75 Å². The largest absolute Gasteiger partial charge is 0.330 e. The molecule has 0 saturated carbocycles. The first-order valence-corrected chi connectivity index (χ1v) is 5.55. The molecule has 0 radical (unpaired) electrons. The molecule has 0 atom stereocenters. The fourth-order valence-corrected chi connectivity index (χ4v) is 2.20. The summed E-state index contributed by atoms with van der Waals surface area (Å²) >= 11 is 3.55. The Morgan fingerprint density at radius 3 is 3.09 bits per heavy atom. The number of aromatic nitrogens is 1. The van der Waals surface area contributed by atoms with Gasteiger partial charge in [-0.05, 0) is 6.92 Å². The second kappa shape index (κ2) is 4.74. The summed E-state index contributed by atoms with van der Waals surface area (Å²) in [5, 5.41) is 0. The lowest BCUT2D eigenvalue weighted by atomic mass is 10.4. The van der Waals surface area contributed by atoms with E-state index < -0.39 is 0 Å². The topological polar surface area (TPSA) is 38.9 Å². The highest BCUT2D eigenvalue weighted by Crippen LogP contribution is 2.16. The second-order valence-electron chi connectivity index (χ2n) is 2.20. The number of aryl methyl sites for hydroxylation is 1. The van der Waals surface area contributed by atoms with E-state index in [0.29, 0.717) is 0 Å². The third kappa shape index (κ3) is 2.81. The van der Waals surface area contributed by atoms with Crippen LogP contribution in [0.15, 0.2) is 5.51 Å². The molecular formula is C7H12N2S2. The van der Waals surface area contributed by atoms with Gasteiger partial charge in [0.05, 0.1) is 11.2 Å². The van der Waals surface area contributed by atoms with Crippen molar-refractivity contribution in [3.8, 4) is 0 Å². The van der Waals surface area contributed by atoms with Crippen molar-refractivity contribution < 1.29 is 0 Å². The Kier molecular flexibility index (Phi) is 3.90. The average molecular weight is 188 g/mol. The minimum absolute atomic E-state index is 0.758. The zero-order valence-corrected chi connectivity index (χ0v) is 8.17. The molecule has 4 heteroatoms. The van der Waals surface area contributed by atoms with Crippen LogP contribution in [-0.4, -0.2) is 17.3 Å². The summed E-state index contributed by atoms with van der Waals surface area (Å²) in [5.74, 6) is 2.03. The van der Waals surface area contributed by atoms with E-state index in [4.69, 9.17) is 5.73 Å². The van der Waals surface area contributed by atoms with Crippen molar-refractivity contribution in [2.75, 3.05) is 12.3 Å². The van der Waals surface area contributed by atoms with Crippen LogP contribution >= 0.6 is 23.1 Å². The highest BCUT2D eigenvalue weighted by molar-refractivity contribution is 7.98. The zero-order chi connectivity index (χ0) is 8.10. The van der Waals surface area contributed by atoms with Crippen molar-refractivity contribution in [3.63, 3.8) is 0 Å². The lowest BCUT2D eigenvalue weighted by molar-refractivity contribution is 1.14. The van der Waals surface area contributed by atoms with Crippen LogP contribution in [0.25, 0.3) is 0 Å². The number of thiazole rings is 1. The molecule has 1 aromatic rings. The fraction of sp³-hybridized carbons (Fsp3) is 0.571. The molecule has 0 amide bonds. The molecule has 11 heavy (non-hydrogen) atoms. The number of thioether (sulfide) groups is 1. The van der Waals surface area contributed by atoms with Crippen molar-refractivity contribution in [3.05, 3.63) is 16.1 Å². The Bertz CT molecular complexity index is 210. The van der Waals surface area contributed by atoms with Crippen molar-refractivity contribution in [1.82, 2.24) is 4.98 Å². The summed E-state index contributed by atoms with van der Waals surface area (Å²) in [6.07, 6.45) is 0. The molecule has 0 spiro atoms. The van der Waals surface area contributed by atoms with Gasteiger partial charge in [-0.2, -0.15) is 11.8 Å². The Balaban J connectivity index is 2.32. The predicted molar refractivity (Wildman–Crippen MR) is 52.1 cm³/mol. The van der Waals surface area contributed by atoms with Gasteiger partial charge in [0, 0.05) is 22.9 Å². The van der Waals surface area contributed by atoms with Gasteiger partial charge in [-0.25, -0.2) is 4.98 Å². The molecule has 62 valence electrons. The smallest absolute Gasteiger partial charge is 0.0797 e. The van der Waals surface area contributed by atoms with Crippen LogP contribution in [0.5, 0.6) is 0 Å². The van der Waals surface area contributed by atoms with Gasteiger partial charge in [0.2, 0.25) is 0 Å². The van der Waals surface area contributed by atoms with Gasteiger partial charge < -0.3 is 5.73 Å². The van der Waals surface area contributed by atoms with E-state index in [-0.39, 0.29) is 0 Å². The maximum absolute atomic E-state index is 5.37. The number of hydrogen-bond acceptors (Lipinski definition) is 4. The molecule has 0 aliphatic rings. The minimum Gasteiger partial charge on any atom is -0.330 e. The maximum atomic E-state index is 5.37. The Morgan fingerprint density at radius 2 is 2.55 bits per heavy atom. The van der Waals surface area contributed by atoms with Crippen LogP contribution in [0.4, 0.5) is 0 Å². The molecule has 0 aromatic carbocycles. The van der Waals surface area contributed by atoms with Gasteiger partial charge in [0.15, 0.2) is 0 Å². The second-order valence-corrected chi connectivity index (χ2v) is 4.36. The molecule has 0 aliphatic heterocycles. The Labute approximate surface area is 75.2 Å². The molecule has 1 rings (SSSR count). The van der Waals surface area contributed by atoms with Crippen molar-refractivity contribution in [2.24, 2.45) is 5.73 Å². The SMILES string of the molecule is Cc1scnc1CSCCN. The molecule has 0 aliphatic carbocycles. The third-order valence-electron chi connectivity index (χ3n) is 1.35. The molecule has 0 bridgehead atoms. The Hall–Kier alpha value is -0.0600. The van der Waals surface area contributed by atoms with E-state index in [1.165, 1.54) is 10.6 Å². The quantitative estimate of drug-likeness (QED) is 0.730. The fourth-order valence-electron chi connectivity index (χ4n) is 0.719. The predicted octanol–water partition coefficient (Wildman–Crippen LogP) is 1.64. The van der Waals surface area contributed by atoms with Crippen LogP contribution in [0.3, 0.4) is 0 Å². The van der Waals surface area contributed by atoms with Crippen LogP contribution < -0.4 is 5.73 Å². The first-order chi connectivity index (χ1) is 5.34. The zero-order valence-electron chi connectivity index (χ0n) is 6.54. The molecule has 1 aromatic heterocycles. The molecule has 2 nitrogen and oxygen atoms in total. The maximum Gasteiger partial charge on any atom is 0.0797 e. The summed E-state index contributed by atoms with van der Waals surface area (Å²) in [6, 6.07) is 0. The van der Waals surface area contributed by atoms with Gasteiger partial charge in [0.25, 0.3) is 0 Å². The molecule has 0 unspecified atom stereocenters. The van der Waals surface area contributed by atoms with E-state index >= 15 is 0 Å². The van der Waals surface area contributed by atoms with Crippen LogP contribution in [0.2, 0.25) is 0 Å². The summed E-state index contributed by atoms with van der Waals surface area (Å²) in [6.45, 7) is 2.86. The highest BCUT2D eigenvalue weighted by atomic mass is 32.2. The lowest BCUT2D eigenvalue weighted by Crippen LogP contribution is -2.01. The average Bonchev–Trinajstić information content (AvgIpc) is 2.37. The first kappa shape index (κ1) is 9.03. The summed E-state index contributed by atoms with van der Waals surface area (Å²) in [7, 11) is 0. The summed E-state index contributed by atoms with van der Waals surface area (Å²) < 4.78 is 0. The van der Waals surface area contributed by atoms with Crippen molar-refractivity contribution in [2.45, 2.75) is 12.7 Å². The van der Waals surface area contributed by atoms with Gasteiger partial charge in [-0.15, -0.1) is 11.3 Å². The lowest BCUT2D eigenvalue weighted by Gasteiger charge is -1.96. The third-order valence-corrected chi connectivity index (χ3v) is 3.15. The van der Waals surface area contributed by atoms with Gasteiger partial charge in [-0.1, -0.05) is 0 Å². The number of nitrogens with two attached hydrogens (primary N) is 1. The van der Waals surface area contributed by atoms with E-state index in [1.807, 2.05) is 17.3 Å². The summed E-state index contributed by atoms with van der Waals surface area (Å²) in [4.78, 5) is 5.57. The van der Waals surface area contributed by atoms with E-state index in [9.17, 15) is 0 Å². The molecule has 0 saturated heterocycles. The van der Waals surface area contributed by atoms with E-state index in [1.54, 1.807) is 11.3 Å². The van der Waals surface area contributed by atoms with Gasteiger partial charge in [-0.3, -0.25) is 0 Å². The number of nitrogens with zero attached hydrogens (tertiary/aromatic N) is 1. The van der Waals surface area contributed by atoms with Gasteiger partial charge in [0.1, 0.15) is 0 Å². The normalized spacial score (nSPS) is 10.4. The van der Waals surface area contributed by atoms with E-state index in [0.717, 1.165) is 18.1 Å². The number of hydrogen-bond donors (Lipinski definition) is 1. The molecular weight excluding hydrogens is 176 g/mol. The van der Waals surface area contributed by atoms with Crippen LogP contribution in [0, 0.1) is 6.92 Å². The monoisotopic (exact) mass is 188 g/mol. The minimum atomic E-state index is 0.758. The Morgan fingerprint density at radius 1 is 1.73 bits per heavy atom. The van der Waals surface area contributed by atoms with Gasteiger partial charge >= 0.3 is 0 Å². The molecule has 0 fully saturated rings.